The molecule has 1 heterocycles. The molecule has 2 aromatic rings. The van der Waals surface area contributed by atoms with E-state index in [4.69, 9.17) is 4.74 Å². The quantitative estimate of drug-likeness (QED) is 0.858. The third-order valence-corrected chi connectivity index (χ3v) is 3.60. The lowest BCUT2D eigenvalue weighted by Crippen LogP contribution is -2.12. The molecule has 0 spiro atoms. The Labute approximate surface area is 128 Å². The molecule has 0 aliphatic heterocycles. The van der Waals surface area contributed by atoms with Gasteiger partial charge in [-0.1, -0.05) is 18.2 Å². The molecule has 1 amide bonds. The van der Waals surface area contributed by atoms with E-state index < -0.39 is 0 Å². The van der Waals surface area contributed by atoms with Crippen LogP contribution >= 0.6 is 0 Å². The van der Waals surface area contributed by atoms with Crippen molar-refractivity contribution in [2.24, 2.45) is 5.92 Å². The number of methoxy groups -OCH3 is 1. The molecule has 1 aliphatic carbocycles. The number of hydrogen-bond acceptors (Lipinski definition) is 4. The van der Waals surface area contributed by atoms with Gasteiger partial charge in [0.1, 0.15) is 0 Å². The summed E-state index contributed by atoms with van der Waals surface area (Å²) in [4.78, 5) is 23.5. The number of rotatable bonds is 5. The number of carbonyl (C=O) groups excluding carboxylic acids is 2. The highest BCUT2D eigenvalue weighted by molar-refractivity contribution is 5.93. The van der Waals surface area contributed by atoms with E-state index in [9.17, 15) is 9.59 Å². The van der Waals surface area contributed by atoms with Crippen LogP contribution in [0, 0.1) is 5.92 Å². The van der Waals surface area contributed by atoms with Gasteiger partial charge in [0.15, 0.2) is 0 Å². The Balaban J connectivity index is 1.72. The fourth-order valence-corrected chi connectivity index (χ4v) is 2.25. The molecule has 0 bridgehead atoms. The Morgan fingerprint density at radius 1 is 1.36 bits per heavy atom. The Kier molecular flexibility index (Phi) is 3.91. The van der Waals surface area contributed by atoms with E-state index in [1.807, 2.05) is 12.1 Å². The second-order valence-corrected chi connectivity index (χ2v) is 5.34. The predicted octanol–water partition coefficient (Wildman–Crippen LogP) is 2.07. The van der Waals surface area contributed by atoms with Gasteiger partial charge in [-0.05, 0) is 24.5 Å². The lowest BCUT2D eigenvalue weighted by molar-refractivity contribution is -0.117. The summed E-state index contributed by atoms with van der Waals surface area (Å²) in [6.45, 7) is 0.435. The smallest absolute Gasteiger partial charge is 0.338 e. The number of nitrogens with one attached hydrogen (secondary N) is 1. The van der Waals surface area contributed by atoms with Gasteiger partial charge >= 0.3 is 5.97 Å². The molecule has 22 heavy (non-hydrogen) atoms. The van der Waals surface area contributed by atoms with Crippen molar-refractivity contribution in [2.45, 2.75) is 19.4 Å². The molecule has 1 saturated carbocycles. The fourth-order valence-electron chi connectivity index (χ4n) is 2.25. The summed E-state index contributed by atoms with van der Waals surface area (Å²) in [5.41, 5.74) is 2.01. The average molecular weight is 299 g/mol. The topological polar surface area (TPSA) is 73.2 Å². The van der Waals surface area contributed by atoms with Crippen molar-refractivity contribution in [3.8, 4) is 0 Å². The molecule has 1 fully saturated rings. The molecule has 0 atom stereocenters. The lowest BCUT2D eigenvalue weighted by Gasteiger charge is -2.07. The van der Waals surface area contributed by atoms with Crippen molar-refractivity contribution in [2.75, 3.05) is 12.4 Å². The first kappa shape index (κ1) is 14.3. The van der Waals surface area contributed by atoms with E-state index in [-0.39, 0.29) is 17.8 Å². The van der Waals surface area contributed by atoms with Crippen LogP contribution in [-0.2, 0) is 16.1 Å². The molecule has 1 N–H and O–H groups in total. The van der Waals surface area contributed by atoms with E-state index >= 15 is 0 Å². The van der Waals surface area contributed by atoms with E-state index in [0.29, 0.717) is 17.8 Å². The first-order chi connectivity index (χ1) is 10.7. The van der Waals surface area contributed by atoms with Crippen LogP contribution in [0.4, 0.5) is 5.69 Å². The summed E-state index contributed by atoms with van der Waals surface area (Å²) in [6, 6.07) is 7.23. The van der Waals surface area contributed by atoms with E-state index in [2.05, 4.69) is 10.4 Å². The highest BCUT2D eigenvalue weighted by atomic mass is 16.5. The maximum absolute atomic E-state index is 11.7. The minimum Gasteiger partial charge on any atom is -0.465 e. The van der Waals surface area contributed by atoms with Gasteiger partial charge in [0.25, 0.3) is 0 Å². The maximum atomic E-state index is 11.7. The zero-order chi connectivity index (χ0) is 15.5. The van der Waals surface area contributed by atoms with Gasteiger partial charge in [0.2, 0.25) is 5.91 Å². The number of ether oxygens (including phenoxy) is 1. The maximum Gasteiger partial charge on any atom is 0.338 e. The summed E-state index contributed by atoms with van der Waals surface area (Å²) in [5.74, 6) is -0.164. The Hall–Kier alpha value is -2.63. The summed E-state index contributed by atoms with van der Waals surface area (Å²) < 4.78 is 6.46. The van der Waals surface area contributed by atoms with Crippen molar-refractivity contribution >= 4 is 17.6 Å². The largest absolute Gasteiger partial charge is 0.465 e. The molecule has 1 aliphatic rings. The van der Waals surface area contributed by atoms with Crippen LogP contribution in [0.3, 0.4) is 0 Å². The Bertz CT molecular complexity index is 704. The summed E-state index contributed by atoms with van der Waals surface area (Å²) >= 11 is 0. The molecule has 6 nitrogen and oxygen atoms in total. The first-order valence-electron chi connectivity index (χ1n) is 7.17. The molecule has 1 aromatic heterocycles. The number of benzene rings is 1. The monoisotopic (exact) mass is 299 g/mol. The number of hydrogen-bond donors (Lipinski definition) is 1. The Morgan fingerprint density at radius 2 is 2.14 bits per heavy atom. The van der Waals surface area contributed by atoms with E-state index in [1.54, 1.807) is 29.2 Å². The van der Waals surface area contributed by atoms with Crippen LogP contribution in [0.2, 0.25) is 0 Å². The van der Waals surface area contributed by atoms with Gasteiger partial charge in [0, 0.05) is 12.1 Å². The molecular formula is C16H17N3O3. The van der Waals surface area contributed by atoms with Gasteiger partial charge in [-0.3, -0.25) is 9.48 Å². The molecular weight excluding hydrogens is 282 g/mol. The zero-order valence-electron chi connectivity index (χ0n) is 12.3. The molecule has 0 saturated heterocycles. The lowest BCUT2D eigenvalue weighted by atomic mass is 10.1. The van der Waals surface area contributed by atoms with Crippen LogP contribution in [-0.4, -0.2) is 28.8 Å². The first-order valence-corrected chi connectivity index (χ1v) is 7.17. The van der Waals surface area contributed by atoms with Gasteiger partial charge in [-0.15, -0.1) is 0 Å². The van der Waals surface area contributed by atoms with Crippen LogP contribution in [0.5, 0.6) is 0 Å². The molecule has 1 aromatic carbocycles. The van der Waals surface area contributed by atoms with Crippen LogP contribution < -0.4 is 5.32 Å². The zero-order valence-corrected chi connectivity index (χ0v) is 12.3. The van der Waals surface area contributed by atoms with Crippen molar-refractivity contribution in [1.82, 2.24) is 9.78 Å². The molecule has 6 heteroatoms. The minimum absolute atomic E-state index is 0.0505. The summed E-state index contributed by atoms with van der Waals surface area (Å²) in [7, 11) is 1.36. The van der Waals surface area contributed by atoms with E-state index in [0.717, 1.165) is 18.4 Å². The molecule has 0 radical (unpaired) electrons. The van der Waals surface area contributed by atoms with Crippen LogP contribution in [0.15, 0.2) is 36.7 Å². The minimum atomic E-state index is -0.370. The van der Waals surface area contributed by atoms with Crippen molar-refractivity contribution in [3.63, 3.8) is 0 Å². The summed E-state index contributed by atoms with van der Waals surface area (Å²) in [5, 5.41) is 7.07. The number of aromatic nitrogens is 2. The van der Waals surface area contributed by atoms with Crippen molar-refractivity contribution in [1.29, 1.82) is 0 Å². The third-order valence-electron chi connectivity index (χ3n) is 3.60. The predicted molar refractivity (Wildman–Crippen MR) is 80.5 cm³/mol. The number of carbonyl (C=O) groups is 2. The van der Waals surface area contributed by atoms with Crippen molar-refractivity contribution < 1.29 is 14.3 Å². The molecule has 3 rings (SSSR count). The fraction of sp³-hybridized carbons (Fsp3) is 0.312. The number of esters is 1. The Morgan fingerprint density at radius 3 is 2.86 bits per heavy atom. The third kappa shape index (κ3) is 3.16. The van der Waals surface area contributed by atoms with Crippen molar-refractivity contribution in [3.05, 3.63) is 47.8 Å². The second-order valence-electron chi connectivity index (χ2n) is 5.34. The summed E-state index contributed by atoms with van der Waals surface area (Å²) in [6.07, 6.45) is 5.30. The molecule has 114 valence electrons. The second kappa shape index (κ2) is 6.01. The SMILES string of the molecule is COC(=O)c1ccccc1Cn1cc(NC(=O)C2CC2)cn1. The number of nitrogens with zero attached hydrogens (tertiary/aromatic N) is 2. The molecule has 0 unspecified atom stereocenters. The van der Waals surface area contributed by atoms with E-state index in [1.165, 1.54) is 7.11 Å². The van der Waals surface area contributed by atoms with Crippen LogP contribution in [0.25, 0.3) is 0 Å². The number of amides is 1. The van der Waals surface area contributed by atoms with Gasteiger partial charge < -0.3 is 10.1 Å². The average Bonchev–Trinajstić information content (AvgIpc) is 3.30. The standard InChI is InChI=1S/C16H17N3O3/c1-22-16(21)14-5-3-2-4-12(14)9-19-10-13(8-17-19)18-15(20)11-6-7-11/h2-5,8,10-11H,6-7,9H2,1H3,(H,18,20). The normalized spacial score (nSPS) is 13.7. The highest BCUT2D eigenvalue weighted by Gasteiger charge is 2.29. The van der Waals surface area contributed by atoms with Gasteiger partial charge in [-0.2, -0.15) is 5.10 Å². The number of anilines is 1. The van der Waals surface area contributed by atoms with Gasteiger partial charge in [-0.25, -0.2) is 4.79 Å². The van der Waals surface area contributed by atoms with Gasteiger partial charge in [0.05, 0.1) is 31.1 Å². The van der Waals surface area contributed by atoms with Crippen LogP contribution in [0.1, 0.15) is 28.8 Å². The highest BCUT2D eigenvalue weighted by Crippen LogP contribution is 2.30.